The summed E-state index contributed by atoms with van der Waals surface area (Å²) >= 11 is 2.18. The van der Waals surface area contributed by atoms with E-state index in [4.69, 9.17) is 0 Å². The molecule has 1 aromatic heterocycles. The minimum absolute atomic E-state index is 0.680. The van der Waals surface area contributed by atoms with Gasteiger partial charge in [-0.3, -0.25) is 4.79 Å². The molecule has 0 spiro atoms. The van der Waals surface area contributed by atoms with E-state index in [1.807, 2.05) is 13.1 Å². The highest BCUT2D eigenvalue weighted by Gasteiger charge is 2.00. The molecule has 0 aliphatic rings. The molecule has 0 atom stereocenters. The summed E-state index contributed by atoms with van der Waals surface area (Å²) in [4.78, 5) is 13.1. The first kappa shape index (κ1) is 6.80. The van der Waals surface area contributed by atoms with Gasteiger partial charge in [-0.15, -0.1) is 0 Å². The summed E-state index contributed by atoms with van der Waals surface area (Å²) in [5.74, 6) is 0. The van der Waals surface area contributed by atoms with Crippen molar-refractivity contribution in [2.24, 2.45) is 0 Å². The third-order valence-corrected chi connectivity index (χ3v) is 2.35. The molecule has 0 saturated carbocycles. The fourth-order valence-corrected chi connectivity index (χ4v) is 1.05. The molecule has 0 bridgehead atoms. The molecule has 0 amide bonds. The lowest BCUT2D eigenvalue weighted by Crippen LogP contribution is -1.81. The molecule has 48 valence electrons. The van der Waals surface area contributed by atoms with Crippen molar-refractivity contribution in [3.63, 3.8) is 0 Å². The maximum absolute atomic E-state index is 10.2. The van der Waals surface area contributed by atoms with Crippen LogP contribution in [-0.4, -0.2) is 11.3 Å². The Morgan fingerprint density at radius 2 is 2.44 bits per heavy atom. The third-order valence-electron chi connectivity index (χ3n) is 1.23. The van der Waals surface area contributed by atoms with Gasteiger partial charge in [-0.2, -0.15) is 0 Å². The van der Waals surface area contributed by atoms with Crippen LogP contribution in [0, 0.1) is 10.5 Å². The van der Waals surface area contributed by atoms with E-state index in [-0.39, 0.29) is 0 Å². The van der Waals surface area contributed by atoms with Gasteiger partial charge < -0.3 is 4.98 Å². The number of H-pyrrole nitrogens is 1. The molecule has 1 rings (SSSR count). The zero-order chi connectivity index (χ0) is 6.85. The van der Waals surface area contributed by atoms with E-state index in [0.717, 1.165) is 15.4 Å². The second kappa shape index (κ2) is 2.51. The summed E-state index contributed by atoms with van der Waals surface area (Å²) in [7, 11) is 0. The number of carbonyl (C=O) groups is 1. The van der Waals surface area contributed by atoms with E-state index >= 15 is 0 Å². The maximum Gasteiger partial charge on any atom is 0.166 e. The van der Waals surface area contributed by atoms with Gasteiger partial charge in [-0.1, -0.05) is 0 Å². The van der Waals surface area contributed by atoms with Gasteiger partial charge >= 0.3 is 0 Å². The Labute approximate surface area is 66.8 Å². The second-order valence-electron chi connectivity index (χ2n) is 1.79. The SMILES string of the molecule is Cc1c(I)c[nH]c1C=O. The highest BCUT2D eigenvalue weighted by atomic mass is 127. The first-order valence-electron chi connectivity index (χ1n) is 2.54. The molecule has 1 aromatic rings. The largest absolute Gasteiger partial charge is 0.358 e. The molecule has 2 nitrogen and oxygen atoms in total. The van der Waals surface area contributed by atoms with E-state index in [9.17, 15) is 4.79 Å². The molecule has 0 aliphatic carbocycles. The summed E-state index contributed by atoms with van der Waals surface area (Å²) in [6, 6.07) is 0. The molecule has 0 aromatic carbocycles. The predicted octanol–water partition coefficient (Wildman–Crippen LogP) is 1.74. The van der Waals surface area contributed by atoms with Crippen molar-refractivity contribution in [2.75, 3.05) is 0 Å². The number of hydrogen-bond acceptors (Lipinski definition) is 1. The molecule has 3 heteroatoms. The van der Waals surface area contributed by atoms with E-state index in [1.54, 1.807) is 0 Å². The summed E-state index contributed by atoms with van der Waals surface area (Å²) < 4.78 is 1.11. The lowest BCUT2D eigenvalue weighted by Gasteiger charge is -1.84. The topological polar surface area (TPSA) is 32.9 Å². The van der Waals surface area contributed by atoms with Gasteiger partial charge in [-0.25, -0.2) is 0 Å². The number of halogens is 1. The van der Waals surface area contributed by atoms with Gasteiger partial charge in [-0.05, 0) is 35.1 Å². The predicted molar refractivity (Wildman–Crippen MR) is 43.6 cm³/mol. The number of aldehydes is 1. The average Bonchev–Trinajstić information content (AvgIpc) is 2.15. The minimum Gasteiger partial charge on any atom is -0.358 e. The monoisotopic (exact) mass is 235 g/mol. The number of hydrogen-bond donors (Lipinski definition) is 1. The number of nitrogens with one attached hydrogen (secondary N) is 1. The number of rotatable bonds is 1. The molecule has 1 heterocycles. The molecule has 0 aliphatic heterocycles. The highest BCUT2D eigenvalue weighted by molar-refractivity contribution is 14.1. The Bertz CT molecular complexity index is 229. The smallest absolute Gasteiger partial charge is 0.166 e. The zero-order valence-corrected chi connectivity index (χ0v) is 7.10. The van der Waals surface area contributed by atoms with Crippen molar-refractivity contribution in [3.05, 3.63) is 21.0 Å². The van der Waals surface area contributed by atoms with Crippen LogP contribution in [0.4, 0.5) is 0 Å². The van der Waals surface area contributed by atoms with Crippen molar-refractivity contribution < 1.29 is 4.79 Å². The average molecular weight is 235 g/mol. The van der Waals surface area contributed by atoms with Crippen LogP contribution in [0.3, 0.4) is 0 Å². The molecular formula is C6H6INO. The molecule has 0 unspecified atom stereocenters. The standard InChI is InChI=1S/C6H6INO/c1-4-5(7)2-8-6(4)3-9/h2-3,8H,1H3. The molecular weight excluding hydrogens is 229 g/mol. The minimum atomic E-state index is 0.680. The molecule has 9 heavy (non-hydrogen) atoms. The van der Waals surface area contributed by atoms with E-state index in [1.165, 1.54) is 0 Å². The van der Waals surface area contributed by atoms with Gasteiger partial charge in [0.2, 0.25) is 0 Å². The van der Waals surface area contributed by atoms with Crippen LogP contribution in [0.15, 0.2) is 6.20 Å². The summed E-state index contributed by atoms with van der Waals surface area (Å²) in [6.45, 7) is 1.92. The van der Waals surface area contributed by atoms with Crippen LogP contribution in [0.1, 0.15) is 16.1 Å². The first-order valence-corrected chi connectivity index (χ1v) is 3.62. The number of aromatic nitrogens is 1. The maximum atomic E-state index is 10.2. The Morgan fingerprint density at radius 3 is 2.67 bits per heavy atom. The van der Waals surface area contributed by atoms with E-state index < -0.39 is 0 Å². The summed E-state index contributed by atoms with van der Waals surface area (Å²) in [6.07, 6.45) is 2.65. The lowest BCUT2D eigenvalue weighted by molar-refractivity contribution is 0.111. The Morgan fingerprint density at radius 1 is 1.78 bits per heavy atom. The quantitative estimate of drug-likeness (QED) is 0.583. The van der Waals surface area contributed by atoms with Crippen LogP contribution in [-0.2, 0) is 0 Å². The zero-order valence-electron chi connectivity index (χ0n) is 4.94. The van der Waals surface area contributed by atoms with Gasteiger partial charge in [0.25, 0.3) is 0 Å². The van der Waals surface area contributed by atoms with Crippen molar-refractivity contribution in [1.82, 2.24) is 4.98 Å². The van der Waals surface area contributed by atoms with Gasteiger partial charge in [0, 0.05) is 9.77 Å². The number of carbonyl (C=O) groups excluding carboxylic acids is 1. The fraction of sp³-hybridized carbons (Fsp3) is 0.167. The summed E-state index contributed by atoms with van der Waals surface area (Å²) in [5.41, 5.74) is 1.71. The van der Waals surface area contributed by atoms with Crippen LogP contribution < -0.4 is 0 Å². The van der Waals surface area contributed by atoms with Crippen LogP contribution >= 0.6 is 22.6 Å². The first-order chi connectivity index (χ1) is 4.25. The van der Waals surface area contributed by atoms with Gasteiger partial charge in [0.1, 0.15) is 0 Å². The van der Waals surface area contributed by atoms with Crippen molar-refractivity contribution in [2.45, 2.75) is 6.92 Å². The summed E-state index contributed by atoms with van der Waals surface area (Å²) in [5, 5.41) is 0. The molecule has 0 radical (unpaired) electrons. The Balaban J connectivity index is 3.18. The Kier molecular flexibility index (Phi) is 1.90. The second-order valence-corrected chi connectivity index (χ2v) is 2.96. The van der Waals surface area contributed by atoms with E-state index in [0.29, 0.717) is 5.69 Å². The van der Waals surface area contributed by atoms with Gasteiger partial charge in [0.05, 0.1) is 5.69 Å². The van der Waals surface area contributed by atoms with E-state index in [2.05, 4.69) is 27.6 Å². The normalized spacial score (nSPS) is 9.56. The van der Waals surface area contributed by atoms with Crippen molar-refractivity contribution in [1.29, 1.82) is 0 Å². The molecule has 1 N–H and O–H groups in total. The van der Waals surface area contributed by atoms with Crippen LogP contribution in [0.5, 0.6) is 0 Å². The number of aromatic amines is 1. The molecule has 0 saturated heterocycles. The van der Waals surface area contributed by atoms with Crippen LogP contribution in [0.25, 0.3) is 0 Å². The van der Waals surface area contributed by atoms with Crippen molar-refractivity contribution in [3.8, 4) is 0 Å². The highest BCUT2D eigenvalue weighted by Crippen LogP contribution is 2.12. The van der Waals surface area contributed by atoms with Crippen LogP contribution in [0.2, 0.25) is 0 Å². The third kappa shape index (κ3) is 1.15. The Hall–Kier alpha value is -0.320. The molecule has 0 fully saturated rings. The fourth-order valence-electron chi connectivity index (χ4n) is 0.609. The lowest BCUT2D eigenvalue weighted by atomic mass is 10.3. The van der Waals surface area contributed by atoms with Gasteiger partial charge in [0.15, 0.2) is 6.29 Å². The van der Waals surface area contributed by atoms with Crippen molar-refractivity contribution >= 4 is 28.9 Å².